The van der Waals surface area contributed by atoms with Gasteiger partial charge in [-0.05, 0) is 44.0 Å². The van der Waals surface area contributed by atoms with Gasteiger partial charge in [-0.1, -0.05) is 29.2 Å². The molecule has 0 radical (unpaired) electrons. The third-order valence-electron chi connectivity index (χ3n) is 3.40. The molecule has 2 N–H and O–H groups in total. The molecular formula is C17H20N4O4S2. The fourth-order valence-corrected chi connectivity index (χ4v) is 3.57. The van der Waals surface area contributed by atoms with E-state index in [1.807, 2.05) is 32.0 Å². The molecule has 0 aliphatic rings. The van der Waals surface area contributed by atoms with Crippen molar-refractivity contribution in [1.82, 2.24) is 10.2 Å². The lowest BCUT2D eigenvalue weighted by atomic mass is 10.1. The summed E-state index contributed by atoms with van der Waals surface area (Å²) in [5, 5.41) is 13.4. The van der Waals surface area contributed by atoms with Crippen molar-refractivity contribution in [3.63, 3.8) is 0 Å². The first-order valence-corrected chi connectivity index (χ1v) is 9.96. The molecule has 0 unspecified atom stereocenters. The highest BCUT2D eigenvalue weighted by Gasteiger charge is 2.13. The number of amides is 2. The van der Waals surface area contributed by atoms with Crippen molar-refractivity contribution < 1.29 is 19.1 Å². The number of thioether (sulfide) groups is 1. The van der Waals surface area contributed by atoms with E-state index in [0.29, 0.717) is 15.2 Å². The number of aryl methyl sites for hydroxylation is 2. The lowest BCUT2D eigenvalue weighted by Crippen LogP contribution is -2.19. The topological polar surface area (TPSA) is 110 Å². The lowest BCUT2D eigenvalue weighted by Gasteiger charge is -2.07. The number of hydrogen-bond acceptors (Lipinski definition) is 8. The predicted octanol–water partition coefficient (Wildman–Crippen LogP) is 3.41. The zero-order chi connectivity index (χ0) is 19.8. The minimum Gasteiger partial charge on any atom is -0.466 e. The molecule has 0 fully saturated rings. The van der Waals surface area contributed by atoms with Gasteiger partial charge in [-0.3, -0.25) is 14.9 Å². The first kappa shape index (κ1) is 20.8. The Hall–Kier alpha value is -2.46. The maximum Gasteiger partial charge on any atom is 0.325 e. The number of anilines is 2. The highest BCUT2D eigenvalue weighted by Crippen LogP contribution is 2.26. The number of nitrogens with zero attached hydrogens (tertiary/aromatic N) is 2. The first-order valence-electron chi connectivity index (χ1n) is 8.16. The van der Waals surface area contributed by atoms with Crippen LogP contribution in [0.5, 0.6) is 0 Å². The number of esters is 1. The SMILES string of the molecule is CCOC(=O)CC(=O)CSc1nnc(NC(=O)Nc2ccc(C)c(C)c2)s1. The summed E-state index contributed by atoms with van der Waals surface area (Å²) in [5.41, 5.74) is 2.90. The van der Waals surface area contributed by atoms with Crippen LogP contribution >= 0.6 is 23.1 Å². The normalized spacial score (nSPS) is 10.3. The van der Waals surface area contributed by atoms with E-state index < -0.39 is 12.0 Å². The number of ketones is 1. The maximum absolute atomic E-state index is 12.0. The van der Waals surface area contributed by atoms with Crippen LogP contribution < -0.4 is 10.6 Å². The van der Waals surface area contributed by atoms with E-state index in [2.05, 4.69) is 20.8 Å². The van der Waals surface area contributed by atoms with Crippen LogP contribution in [-0.4, -0.2) is 40.3 Å². The van der Waals surface area contributed by atoms with Crippen LogP contribution in [0.2, 0.25) is 0 Å². The fourth-order valence-electron chi connectivity index (χ4n) is 1.96. The fraction of sp³-hybridized carbons (Fsp3) is 0.353. The largest absolute Gasteiger partial charge is 0.466 e. The zero-order valence-corrected chi connectivity index (χ0v) is 16.8. The van der Waals surface area contributed by atoms with Gasteiger partial charge in [0.05, 0.1) is 12.4 Å². The van der Waals surface area contributed by atoms with Gasteiger partial charge in [-0.25, -0.2) is 4.79 Å². The standard InChI is InChI=1S/C17H20N4O4S2/c1-4-25-14(23)8-13(22)9-26-17-21-20-16(27-17)19-15(24)18-12-6-5-10(2)11(3)7-12/h5-7H,4,8-9H2,1-3H3,(H2,18,19,20,24). The van der Waals surface area contributed by atoms with Crippen molar-refractivity contribution >= 4 is 51.7 Å². The zero-order valence-electron chi connectivity index (χ0n) is 15.2. The maximum atomic E-state index is 12.0. The molecule has 0 aliphatic carbocycles. The van der Waals surface area contributed by atoms with Crippen LogP contribution in [0.15, 0.2) is 22.5 Å². The molecule has 1 heterocycles. The molecule has 2 amide bonds. The minimum atomic E-state index is -0.536. The van der Waals surface area contributed by atoms with Crippen LogP contribution in [-0.2, 0) is 14.3 Å². The van der Waals surface area contributed by atoms with Gasteiger partial charge in [0, 0.05) is 5.69 Å². The van der Waals surface area contributed by atoms with Crippen LogP contribution in [0, 0.1) is 13.8 Å². The summed E-state index contributed by atoms with van der Waals surface area (Å²) in [5.74, 6) is -0.705. The van der Waals surface area contributed by atoms with E-state index in [4.69, 9.17) is 4.74 Å². The summed E-state index contributed by atoms with van der Waals surface area (Å²) in [4.78, 5) is 35.0. The second-order valence-electron chi connectivity index (χ2n) is 5.56. The summed E-state index contributed by atoms with van der Waals surface area (Å²) in [6.45, 7) is 5.89. The molecule has 0 saturated carbocycles. The van der Waals surface area contributed by atoms with Crippen molar-refractivity contribution in [1.29, 1.82) is 0 Å². The molecule has 0 atom stereocenters. The van der Waals surface area contributed by atoms with Crippen molar-refractivity contribution in [2.75, 3.05) is 23.0 Å². The van der Waals surface area contributed by atoms with E-state index in [1.165, 1.54) is 0 Å². The van der Waals surface area contributed by atoms with Crippen LogP contribution in [0.4, 0.5) is 15.6 Å². The van der Waals surface area contributed by atoms with Crippen LogP contribution in [0.1, 0.15) is 24.5 Å². The number of carbonyl (C=O) groups is 3. The van der Waals surface area contributed by atoms with Gasteiger partial charge in [0.1, 0.15) is 6.42 Å². The summed E-state index contributed by atoms with van der Waals surface area (Å²) in [7, 11) is 0. The van der Waals surface area contributed by atoms with Crippen molar-refractivity contribution in [2.24, 2.45) is 0 Å². The Morgan fingerprint density at radius 1 is 1.15 bits per heavy atom. The number of Topliss-reactive ketones (excluding diaryl/α,β-unsaturated/α-hetero) is 1. The summed E-state index contributed by atoms with van der Waals surface area (Å²) >= 11 is 2.31. The number of rotatable bonds is 8. The Morgan fingerprint density at radius 2 is 1.93 bits per heavy atom. The van der Waals surface area contributed by atoms with Gasteiger partial charge >= 0.3 is 12.0 Å². The third-order valence-corrected chi connectivity index (χ3v) is 5.43. The van der Waals surface area contributed by atoms with Crippen LogP contribution in [0.25, 0.3) is 0 Å². The number of nitrogens with one attached hydrogen (secondary N) is 2. The van der Waals surface area contributed by atoms with Crippen molar-refractivity contribution in [3.8, 4) is 0 Å². The second-order valence-corrected chi connectivity index (χ2v) is 7.76. The first-order chi connectivity index (χ1) is 12.9. The highest BCUT2D eigenvalue weighted by molar-refractivity contribution is 8.01. The Bertz CT molecular complexity index is 838. The smallest absolute Gasteiger partial charge is 0.325 e. The highest BCUT2D eigenvalue weighted by atomic mass is 32.2. The van der Waals surface area contributed by atoms with Crippen molar-refractivity contribution in [2.45, 2.75) is 31.5 Å². The number of ether oxygens (including phenoxy) is 1. The molecule has 2 aromatic rings. The average molecular weight is 409 g/mol. The third kappa shape index (κ3) is 6.99. The number of hydrogen-bond donors (Lipinski definition) is 2. The average Bonchev–Trinajstić information content (AvgIpc) is 3.04. The molecule has 10 heteroatoms. The molecule has 0 bridgehead atoms. The molecule has 27 heavy (non-hydrogen) atoms. The van der Waals surface area contributed by atoms with E-state index in [1.54, 1.807) is 6.92 Å². The number of urea groups is 1. The van der Waals surface area contributed by atoms with Gasteiger partial charge in [-0.2, -0.15) is 0 Å². The van der Waals surface area contributed by atoms with E-state index in [-0.39, 0.29) is 24.6 Å². The van der Waals surface area contributed by atoms with E-state index in [0.717, 1.165) is 34.2 Å². The monoisotopic (exact) mass is 408 g/mol. The van der Waals surface area contributed by atoms with Gasteiger partial charge < -0.3 is 10.1 Å². The predicted molar refractivity (Wildman–Crippen MR) is 105 cm³/mol. The van der Waals surface area contributed by atoms with Crippen LogP contribution in [0.3, 0.4) is 0 Å². The molecule has 144 valence electrons. The lowest BCUT2D eigenvalue weighted by molar-refractivity contribution is -0.145. The molecule has 0 saturated heterocycles. The summed E-state index contributed by atoms with van der Waals surface area (Å²) in [6, 6.07) is 5.20. The quantitative estimate of drug-likeness (QED) is 0.298. The molecular weight excluding hydrogens is 388 g/mol. The second kappa shape index (κ2) is 10.0. The number of aromatic nitrogens is 2. The molecule has 2 rings (SSSR count). The van der Waals surface area contributed by atoms with E-state index in [9.17, 15) is 14.4 Å². The van der Waals surface area contributed by atoms with Gasteiger partial charge in [0.25, 0.3) is 0 Å². The number of benzene rings is 1. The van der Waals surface area contributed by atoms with E-state index >= 15 is 0 Å². The number of carbonyl (C=O) groups excluding carboxylic acids is 3. The molecule has 0 spiro atoms. The Morgan fingerprint density at radius 3 is 2.63 bits per heavy atom. The van der Waals surface area contributed by atoms with Gasteiger partial charge in [0.15, 0.2) is 10.1 Å². The molecule has 8 nitrogen and oxygen atoms in total. The van der Waals surface area contributed by atoms with Gasteiger partial charge in [0.2, 0.25) is 5.13 Å². The molecule has 0 aliphatic heterocycles. The minimum absolute atomic E-state index is 0.0856. The Balaban J connectivity index is 1.81. The molecule has 1 aromatic carbocycles. The van der Waals surface area contributed by atoms with Gasteiger partial charge in [-0.15, -0.1) is 10.2 Å². The summed E-state index contributed by atoms with van der Waals surface area (Å²) in [6.07, 6.45) is -0.261. The summed E-state index contributed by atoms with van der Waals surface area (Å²) < 4.78 is 5.25. The molecule has 1 aromatic heterocycles. The van der Waals surface area contributed by atoms with Crippen molar-refractivity contribution in [3.05, 3.63) is 29.3 Å². The Labute approximate surface area is 165 Å². The Kier molecular flexibility index (Phi) is 7.74.